The minimum Gasteiger partial charge on any atom is -0.497 e. The number of carbonyl (C=O) groups excluding carboxylic acids is 2. The Kier molecular flexibility index (Phi) is 6.69. The zero-order valence-electron chi connectivity index (χ0n) is 17.4. The molecule has 2 amide bonds. The monoisotopic (exact) mass is 427 g/mol. The van der Waals surface area contributed by atoms with Crippen LogP contribution in [0.3, 0.4) is 0 Å². The Balaban J connectivity index is 1.22. The molecule has 2 aliphatic heterocycles. The molecule has 1 aromatic carbocycles. The molecular weight excluding hydrogens is 398 g/mol. The number of thiophene rings is 1. The summed E-state index contributed by atoms with van der Waals surface area (Å²) in [5.41, 5.74) is 0.811. The molecule has 30 heavy (non-hydrogen) atoms. The van der Waals surface area contributed by atoms with Gasteiger partial charge in [-0.3, -0.25) is 9.59 Å². The first-order valence-corrected chi connectivity index (χ1v) is 11.5. The Morgan fingerprint density at radius 1 is 1.00 bits per heavy atom. The molecule has 160 valence electrons. The van der Waals surface area contributed by atoms with E-state index < -0.39 is 0 Å². The molecule has 0 aliphatic carbocycles. The number of ether oxygens (including phenoxy) is 1. The summed E-state index contributed by atoms with van der Waals surface area (Å²) in [6.45, 7) is 3.53. The van der Waals surface area contributed by atoms with Gasteiger partial charge in [0.25, 0.3) is 5.91 Å². The van der Waals surface area contributed by atoms with Gasteiger partial charge in [0.05, 0.1) is 12.0 Å². The van der Waals surface area contributed by atoms with E-state index in [1.165, 1.54) is 11.3 Å². The van der Waals surface area contributed by atoms with E-state index in [9.17, 15) is 9.59 Å². The third kappa shape index (κ3) is 4.84. The summed E-state index contributed by atoms with van der Waals surface area (Å²) in [5.74, 6) is 1.11. The van der Waals surface area contributed by atoms with Crippen LogP contribution in [0.15, 0.2) is 41.8 Å². The van der Waals surface area contributed by atoms with Gasteiger partial charge in [-0.15, -0.1) is 11.3 Å². The van der Waals surface area contributed by atoms with Crippen LogP contribution in [0.1, 0.15) is 35.4 Å². The van der Waals surface area contributed by atoms with Gasteiger partial charge in [0, 0.05) is 30.7 Å². The maximum absolute atomic E-state index is 12.6. The number of piperidine rings is 2. The Morgan fingerprint density at radius 3 is 2.30 bits per heavy atom. The molecule has 0 radical (unpaired) electrons. The standard InChI is InChI=1S/C23H29N3O3S/c1-29-20-6-4-18(5-7-20)24-22(27)17-8-12-25(13-9-17)19-10-14-26(15-11-19)23(28)21-3-2-16-30-21/h2-7,16-17,19H,8-15H2,1H3,(H,24,27). The van der Waals surface area contributed by atoms with Crippen molar-refractivity contribution >= 4 is 28.8 Å². The fourth-order valence-corrected chi connectivity index (χ4v) is 5.13. The largest absolute Gasteiger partial charge is 0.497 e. The lowest BCUT2D eigenvalue weighted by atomic mass is 9.92. The molecule has 0 bridgehead atoms. The van der Waals surface area contributed by atoms with Crippen LogP contribution < -0.4 is 10.1 Å². The van der Waals surface area contributed by atoms with E-state index in [4.69, 9.17) is 4.74 Å². The number of nitrogens with one attached hydrogen (secondary N) is 1. The second-order valence-corrected chi connectivity index (χ2v) is 8.98. The zero-order valence-corrected chi connectivity index (χ0v) is 18.2. The lowest BCUT2D eigenvalue weighted by Gasteiger charge is -2.41. The SMILES string of the molecule is COc1ccc(NC(=O)C2CCN(C3CCN(C(=O)c4cccs4)CC3)CC2)cc1. The van der Waals surface area contributed by atoms with Crippen LogP contribution >= 0.6 is 11.3 Å². The summed E-state index contributed by atoms with van der Waals surface area (Å²) in [6, 6.07) is 11.8. The molecule has 2 saturated heterocycles. The van der Waals surface area contributed by atoms with Crippen LogP contribution in [-0.2, 0) is 4.79 Å². The maximum Gasteiger partial charge on any atom is 0.263 e. The Hall–Kier alpha value is -2.38. The van der Waals surface area contributed by atoms with Gasteiger partial charge in [-0.1, -0.05) is 6.07 Å². The van der Waals surface area contributed by atoms with Gasteiger partial charge in [-0.2, -0.15) is 0 Å². The third-order valence-electron chi connectivity index (χ3n) is 6.26. The van der Waals surface area contributed by atoms with Crippen molar-refractivity contribution < 1.29 is 14.3 Å². The second-order valence-electron chi connectivity index (χ2n) is 8.03. The number of nitrogens with zero attached hydrogens (tertiary/aromatic N) is 2. The quantitative estimate of drug-likeness (QED) is 0.790. The van der Waals surface area contributed by atoms with Crippen LogP contribution in [0.2, 0.25) is 0 Å². The fourth-order valence-electron chi connectivity index (χ4n) is 4.44. The van der Waals surface area contributed by atoms with E-state index in [1.807, 2.05) is 46.7 Å². The van der Waals surface area contributed by atoms with E-state index in [2.05, 4.69) is 10.2 Å². The lowest BCUT2D eigenvalue weighted by Crippen LogP contribution is -2.49. The van der Waals surface area contributed by atoms with Crippen molar-refractivity contribution in [1.82, 2.24) is 9.80 Å². The van der Waals surface area contributed by atoms with Crippen LogP contribution in [0, 0.1) is 5.92 Å². The fraction of sp³-hybridized carbons (Fsp3) is 0.478. The van der Waals surface area contributed by atoms with E-state index in [1.54, 1.807) is 7.11 Å². The lowest BCUT2D eigenvalue weighted by molar-refractivity contribution is -0.121. The number of likely N-dealkylation sites (tertiary alicyclic amines) is 2. The highest BCUT2D eigenvalue weighted by Crippen LogP contribution is 2.26. The number of anilines is 1. The van der Waals surface area contributed by atoms with Gasteiger partial charge < -0.3 is 19.9 Å². The van der Waals surface area contributed by atoms with E-state index >= 15 is 0 Å². The minimum absolute atomic E-state index is 0.0591. The average Bonchev–Trinajstić information content (AvgIpc) is 3.34. The van der Waals surface area contributed by atoms with Crippen molar-refractivity contribution in [3.05, 3.63) is 46.7 Å². The summed E-state index contributed by atoms with van der Waals surface area (Å²) < 4.78 is 5.16. The molecule has 1 N–H and O–H groups in total. The summed E-state index contributed by atoms with van der Waals surface area (Å²) in [6.07, 6.45) is 3.80. The Morgan fingerprint density at radius 2 is 1.70 bits per heavy atom. The van der Waals surface area contributed by atoms with Crippen LogP contribution in [-0.4, -0.2) is 60.9 Å². The molecule has 2 aliphatic rings. The highest BCUT2D eigenvalue weighted by atomic mass is 32.1. The molecule has 0 unspecified atom stereocenters. The maximum atomic E-state index is 12.6. The molecule has 4 rings (SSSR count). The number of methoxy groups -OCH3 is 1. The Bertz CT molecular complexity index is 837. The highest BCUT2D eigenvalue weighted by Gasteiger charge is 2.32. The molecule has 3 heterocycles. The highest BCUT2D eigenvalue weighted by molar-refractivity contribution is 7.12. The molecule has 1 aromatic heterocycles. The zero-order chi connectivity index (χ0) is 20.9. The summed E-state index contributed by atoms with van der Waals surface area (Å²) in [5, 5.41) is 4.99. The van der Waals surface area contributed by atoms with Crippen molar-refractivity contribution in [2.75, 3.05) is 38.6 Å². The third-order valence-corrected chi connectivity index (χ3v) is 7.12. The molecular formula is C23H29N3O3S. The van der Waals surface area contributed by atoms with Crippen molar-refractivity contribution in [3.63, 3.8) is 0 Å². The minimum atomic E-state index is 0.0591. The van der Waals surface area contributed by atoms with Gasteiger partial charge in [0.1, 0.15) is 5.75 Å². The van der Waals surface area contributed by atoms with Gasteiger partial charge >= 0.3 is 0 Å². The van der Waals surface area contributed by atoms with E-state index in [-0.39, 0.29) is 17.7 Å². The van der Waals surface area contributed by atoms with Gasteiger partial charge in [-0.25, -0.2) is 0 Å². The van der Waals surface area contributed by atoms with Crippen LogP contribution in [0.5, 0.6) is 5.75 Å². The van der Waals surface area contributed by atoms with E-state index in [0.717, 1.165) is 68.2 Å². The topological polar surface area (TPSA) is 61.9 Å². The molecule has 6 nitrogen and oxygen atoms in total. The number of rotatable bonds is 5. The number of hydrogen-bond donors (Lipinski definition) is 1. The summed E-state index contributed by atoms with van der Waals surface area (Å²) in [4.78, 5) is 30.5. The molecule has 7 heteroatoms. The predicted octanol–water partition coefficient (Wildman–Crippen LogP) is 3.71. The first-order chi connectivity index (χ1) is 14.6. The molecule has 0 saturated carbocycles. The smallest absolute Gasteiger partial charge is 0.263 e. The molecule has 2 fully saturated rings. The summed E-state index contributed by atoms with van der Waals surface area (Å²) >= 11 is 1.51. The molecule has 0 atom stereocenters. The van der Waals surface area contributed by atoms with Crippen molar-refractivity contribution in [3.8, 4) is 5.75 Å². The van der Waals surface area contributed by atoms with Crippen molar-refractivity contribution in [2.45, 2.75) is 31.7 Å². The van der Waals surface area contributed by atoms with Crippen molar-refractivity contribution in [1.29, 1.82) is 0 Å². The normalized spacial score (nSPS) is 18.9. The van der Waals surface area contributed by atoms with Gasteiger partial charge in [-0.05, 0) is 74.5 Å². The number of hydrogen-bond acceptors (Lipinski definition) is 5. The average molecular weight is 428 g/mol. The molecule has 2 aromatic rings. The number of carbonyl (C=O) groups is 2. The van der Waals surface area contributed by atoms with Crippen LogP contribution in [0.25, 0.3) is 0 Å². The van der Waals surface area contributed by atoms with Gasteiger partial charge in [0.2, 0.25) is 5.91 Å². The first-order valence-electron chi connectivity index (χ1n) is 10.7. The van der Waals surface area contributed by atoms with Crippen molar-refractivity contribution in [2.24, 2.45) is 5.92 Å². The summed E-state index contributed by atoms with van der Waals surface area (Å²) in [7, 11) is 1.63. The Labute approximate surface area is 181 Å². The van der Waals surface area contributed by atoms with E-state index in [0.29, 0.717) is 6.04 Å². The predicted molar refractivity (Wildman–Crippen MR) is 119 cm³/mol. The molecule has 0 spiro atoms. The first kappa shape index (κ1) is 20.9. The van der Waals surface area contributed by atoms with Gasteiger partial charge in [0.15, 0.2) is 0 Å². The van der Waals surface area contributed by atoms with Crippen LogP contribution in [0.4, 0.5) is 5.69 Å². The number of benzene rings is 1. The second kappa shape index (κ2) is 9.62. The number of amides is 2.